The van der Waals surface area contributed by atoms with Crippen LogP contribution in [0, 0.1) is 6.92 Å². The number of methoxy groups -OCH3 is 2. The summed E-state index contributed by atoms with van der Waals surface area (Å²) < 4.78 is 33.3. The second kappa shape index (κ2) is 8.90. The Morgan fingerprint density at radius 2 is 1.57 bits per heavy atom. The number of fused-ring (bicyclic) bond motifs is 2. The Hall–Kier alpha value is -4.72. The molecule has 0 N–H and O–H groups in total. The molecule has 0 saturated carbocycles. The number of esters is 1. The first kappa shape index (κ1) is 22.1. The Labute approximate surface area is 199 Å². The molecule has 3 aromatic carbocycles. The SMILES string of the molecule is COc1ccccc1Oc1c(C)oc2cc(OC(=O)c3cc4cccc(OC)c4o3)ccc2c1=O. The molecule has 0 atom stereocenters. The number of furan rings is 1. The molecule has 0 bridgehead atoms. The highest BCUT2D eigenvalue weighted by Crippen LogP contribution is 2.33. The molecule has 0 aliphatic heterocycles. The van der Waals surface area contributed by atoms with Gasteiger partial charge in [0.05, 0.1) is 19.6 Å². The number of rotatable bonds is 6. The van der Waals surface area contributed by atoms with E-state index in [1.54, 1.807) is 55.5 Å². The van der Waals surface area contributed by atoms with Gasteiger partial charge in [-0.25, -0.2) is 4.79 Å². The van der Waals surface area contributed by atoms with Gasteiger partial charge in [-0.1, -0.05) is 24.3 Å². The zero-order chi connectivity index (χ0) is 24.5. The van der Waals surface area contributed by atoms with Crippen molar-refractivity contribution in [3.63, 3.8) is 0 Å². The van der Waals surface area contributed by atoms with Gasteiger partial charge in [0.1, 0.15) is 17.1 Å². The molecule has 2 aromatic heterocycles. The van der Waals surface area contributed by atoms with Crippen LogP contribution in [-0.4, -0.2) is 20.2 Å². The molecule has 0 fully saturated rings. The number of hydrogen-bond donors (Lipinski definition) is 0. The monoisotopic (exact) mass is 472 g/mol. The lowest BCUT2D eigenvalue weighted by atomic mass is 10.2. The zero-order valence-corrected chi connectivity index (χ0v) is 19.1. The van der Waals surface area contributed by atoms with Gasteiger partial charge in [0.2, 0.25) is 16.9 Å². The minimum atomic E-state index is -0.696. The van der Waals surface area contributed by atoms with Crippen molar-refractivity contribution in [1.82, 2.24) is 0 Å². The fourth-order valence-corrected chi connectivity index (χ4v) is 3.72. The van der Waals surface area contributed by atoms with E-state index in [9.17, 15) is 9.59 Å². The minimum absolute atomic E-state index is 0.0165. The maximum atomic E-state index is 13.1. The number of carbonyl (C=O) groups is 1. The van der Waals surface area contributed by atoms with Crippen LogP contribution in [0.15, 0.2) is 80.4 Å². The van der Waals surface area contributed by atoms with Crippen LogP contribution >= 0.6 is 0 Å². The summed E-state index contributed by atoms with van der Waals surface area (Å²) in [6.45, 7) is 1.62. The summed E-state index contributed by atoms with van der Waals surface area (Å²) in [7, 11) is 3.04. The molecule has 8 nitrogen and oxygen atoms in total. The Balaban J connectivity index is 1.44. The lowest BCUT2D eigenvalue weighted by Crippen LogP contribution is -2.09. The third-order valence-electron chi connectivity index (χ3n) is 5.41. The van der Waals surface area contributed by atoms with Crippen molar-refractivity contribution in [3.05, 3.63) is 88.5 Å². The predicted molar refractivity (Wildman–Crippen MR) is 128 cm³/mol. The van der Waals surface area contributed by atoms with Gasteiger partial charge in [0.25, 0.3) is 0 Å². The Morgan fingerprint density at radius 3 is 2.34 bits per heavy atom. The van der Waals surface area contributed by atoms with E-state index in [-0.39, 0.29) is 39.4 Å². The number of ether oxygens (including phenoxy) is 4. The first-order valence-corrected chi connectivity index (χ1v) is 10.7. The van der Waals surface area contributed by atoms with E-state index in [1.165, 1.54) is 32.4 Å². The zero-order valence-electron chi connectivity index (χ0n) is 19.1. The van der Waals surface area contributed by atoms with Gasteiger partial charge in [-0.2, -0.15) is 0 Å². The Kier molecular flexibility index (Phi) is 5.62. The minimum Gasteiger partial charge on any atom is -0.493 e. The first-order valence-electron chi connectivity index (χ1n) is 10.7. The highest BCUT2D eigenvalue weighted by atomic mass is 16.6. The fraction of sp³-hybridized carbons (Fsp3) is 0.111. The summed E-state index contributed by atoms with van der Waals surface area (Å²) in [5, 5.41) is 0.979. The second-order valence-electron chi connectivity index (χ2n) is 7.61. The third-order valence-corrected chi connectivity index (χ3v) is 5.41. The van der Waals surface area contributed by atoms with E-state index >= 15 is 0 Å². The normalized spacial score (nSPS) is 10.9. The molecule has 0 radical (unpaired) electrons. The van der Waals surface area contributed by atoms with Crippen molar-refractivity contribution in [2.45, 2.75) is 6.92 Å². The van der Waals surface area contributed by atoms with Crippen molar-refractivity contribution < 1.29 is 32.6 Å². The predicted octanol–water partition coefficient (Wildman–Crippen LogP) is 5.88. The van der Waals surface area contributed by atoms with Gasteiger partial charge in [-0.15, -0.1) is 0 Å². The van der Waals surface area contributed by atoms with Gasteiger partial charge >= 0.3 is 5.97 Å². The number of carbonyl (C=O) groups excluding carboxylic acids is 1. The van der Waals surface area contributed by atoms with Crippen LogP contribution in [0.3, 0.4) is 0 Å². The molecule has 35 heavy (non-hydrogen) atoms. The second-order valence-corrected chi connectivity index (χ2v) is 7.61. The molecular formula is C27H20O8. The molecule has 0 spiro atoms. The fourth-order valence-electron chi connectivity index (χ4n) is 3.72. The largest absolute Gasteiger partial charge is 0.493 e. The number of para-hydroxylation sites is 3. The molecule has 0 aliphatic rings. The topological polar surface area (TPSA) is 97.3 Å². The van der Waals surface area contributed by atoms with E-state index in [1.807, 2.05) is 0 Å². The third kappa shape index (κ3) is 4.06. The molecule has 0 aliphatic carbocycles. The van der Waals surface area contributed by atoms with E-state index < -0.39 is 5.97 Å². The van der Waals surface area contributed by atoms with Crippen molar-refractivity contribution in [3.8, 4) is 28.7 Å². The van der Waals surface area contributed by atoms with Gasteiger partial charge in [0.15, 0.2) is 22.8 Å². The van der Waals surface area contributed by atoms with Gasteiger partial charge in [-0.3, -0.25) is 4.79 Å². The van der Waals surface area contributed by atoms with Crippen molar-refractivity contribution in [1.29, 1.82) is 0 Å². The average Bonchev–Trinajstić information content (AvgIpc) is 3.31. The Morgan fingerprint density at radius 1 is 0.829 bits per heavy atom. The summed E-state index contributed by atoms with van der Waals surface area (Å²) in [6.07, 6.45) is 0. The highest BCUT2D eigenvalue weighted by molar-refractivity contribution is 5.95. The molecule has 176 valence electrons. The van der Waals surface area contributed by atoms with Crippen LogP contribution in [0.5, 0.6) is 28.7 Å². The van der Waals surface area contributed by atoms with E-state index in [0.717, 1.165) is 0 Å². The van der Waals surface area contributed by atoms with E-state index in [2.05, 4.69) is 0 Å². The highest BCUT2D eigenvalue weighted by Gasteiger charge is 2.19. The number of aryl methyl sites for hydroxylation is 1. The van der Waals surface area contributed by atoms with Gasteiger partial charge in [0, 0.05) is 11.5 Å². The molecule has 8 heteroatoms. The molecule has 0 unspecified atom stereocenters. The maximum absolute atomic E-state index is 13.1. The van der Waals surface area contributed by atoms with Crippen molar-refractivity contribution in [2.24, 2.45) is 0 Å². The molecule has 0 saturated heterocycles. The van der Waals surface area contributed by atoms with Crippen molar-refractivity contribution >= 4 is 27.9 Å². The maximum Gasteiger partial charge on any atom is 0.379 e. The van der Waals surface area contributed by atoms with Crippen LogP contribution in [0.25, 0.3) is 21.9 Å². The average molecular weight is 472 g/mol. The standard InChI is InChI=1S/C27H20O8/c1-15-25(34-20-9-5-4-8-19(20)30-2)24(28)18-12-11-17(14-22(18)32-15)33-27(29)23-13-16-7-6-10-21(31-3)26(16)35-23/h4-14H,1-3H3. The summed E-state index contributed by atoms with van der Waals surface area (Å²) in [5.74, 6) is 1.20. The van der Waals surface area contributed by atoms with Crippen LogP contribution in [0.4, 0.5) is 0 Å². The summed E-state index contributed by atoms with van der Waals surface area (Å²) in [5.41, 5.74) is 0.332. The van der Waals surface area contributed by atoms with Gasteiger partial charge < -0.3 is 27.8 Å². The van der Waals surface area contributed by atoms with Crippen LogP contribution in [-0.2, 0) is 0 Å². The lowest BCUT2D eigenvalue weighted by Gasteiger charge is -2.12. The summed E-state index contributed by atoms with van der Waals surface area (Å²) in [6, 6.07) is 18.4. The van der Waals surface area contributed by atoms with Crippen molar-refractivity contribution in [2.75, 3.05) is 14.2 Å². The first-order chi connectivity index (χ1) is 17.0. The molecular weight excluding hydrogens is 452 g/mol. The lowest BCUT2D eigenvalue weighted by molar-refractivity contribution is 0.0704. The van der Waals surface area contributed by atoms with E-state index in [0.29, 0.717) is 28.2 Å². The smallest absolute Gasteiger partial charge is 0.379 e. The van der Waals surface area contributed by atoms with E-state index in [4.69, 9.17) is 27.8 Å². The Bertz CT molecular complexity index is 1630. The molecule has 5 aromatic rings. The quantitative estimate of drug-likeness (QED) is 0.223. The summed E-state index contributed by atoms with van der Waals surface area (Å²) >= 11 is 0. The summed E-state index contributed by atoms with van der Waals surface area (Å²) in [4.78, 5) is 25.8. The van der Waals surface area contributed by atoms with Gasteiger partial charge in [-0.05, 0) is 43.3 Å². The van der Waals surface area contributed by atoms with Crippen LogP contribution < -0.4 is 24.4 Å². The number of hydrogen-bond acceptors (Lipinski definition) is 8. The molecule has 0 amide bonds. The van der Waals surface area contributed by atoms with Crippen LogP contribution in [0.1, 0.15) is 16.3 Å². The van der Waals surface area contributed by atoms with Crippen LogP contribution in [0.2, 0.25) is 0 Å². The number of benzene rings is 3. The molecule has 2 heterocycles. The molecule has 5 rings (SSSR count).